The minimum Gasteiger partial charge on any atom is -0.369 e. The second-order valence-electron chi connectivity index (χ2n) is 5.33. The Balaban J connectivity index is 2.06. The van der Waals surface area contributed by atoms with E-state index < -0.39 is 5.91 Å². The third-order valence-electron chi connectivity index (χ3n) is 3.40. The van der Waals surface area contributed by atoms with E-state index in [1.54, 1.807) is 28.0 Å². The van der Waals surface area contributed by atoms with E-state index in [0.717, 1.165) is 11.3 Å². The second kappa shape index (κ2) is 5.99. The van der Waals surface area contributed by atoms with Gasteiger partial charge in [-0.05, 0) is 31.5 Å². The largest absolute Gasteiger partial charge is 0.369 e. The molecule has 0 aromatic carbocycles. The molecule has 3 aromatic rings. The van der Waals surface area contributed by atoms with Crippen LogP contribution in [0.5, 0.6) is 0 Å². The highest BCUT2D eigenvalue weighted by Crippen LogP contribution is 2.19. The summed E-state index contributed by atoms with van der Waals surface area (Å²) in [5.74, 6) is 0.576. The first-order valence-electron chi connectivity index (χ1n) is 7.20. The monoisotopic (exact) mass is 311 g/mol. The fourth-order valence-corrected chi connectivity index (χ4v) is 2.30. The standard InChI is InChI=1S/C15H17N7O/c1-10-7-18-21(9-10)11(2)15-19-14(6-13(16)23)20-22(15)12-4-3-5-17-8-12/h3-5,7-9,11H,6H2,1-2H3,(H2,16,23). The molecule has 1 amide bonds. The molecule has 1 unspecified atom stereocenters. The van der Waals surface area contributed by atoms with Gasteiger partial charge in [-0.15, -0.1) is 0 Å². The molecule has 0 aliphatic heterocycles. The third-order valence-corrected chi connectivity index (χ3v) is 3.40. The zero-order chi connectivity index (χ0) is 16.4. The van der Waals surface area contributed by atoms with Crippen LogP contribution in [0.15, 0.2) is 36.9 Å². The smallest absolute Gasteiger partial charge is 0.225 e. The number of pyridine rings is 1. The summed E-state index contributed by atoms with van der Waals surface area (Å²) in [6, 6.07) is 3.54. The van der Waals surface area contributed by atoms with Crippen molar-refractivity contribution < 1.29 is 4.79 Å². The van der Waals surface area contributed by atoms with Crippen molar-refractivity contribution in [3.8, 4) is 5.69 Å². The van der Waals surface area contributed by atoms with Gasteiger partial charge >= 0.3 is 0 Å². The molecule has 0 aliphatic carbocycles. The SMILES string of the molecule is Cc1cnn(C(C)c2nc(CC(N)=O)nn2-c2cccnc2)c1. The second-order valence-corrected chi connectivity index (χ2v) is 5.33. The van der Waals surface area contributed by atoms with Crippen LogP contribution in [-0.4, -0.2) is 35.4 Å². The van der Waals surface area contributed by atoms with E-state index in [9.17, 15) is 4.79 Å². The van der Waals surface area contributed by atoms with Crippen LogP contribution in [0, 0.1) is 6.92 Å². The topological polar surface area (TPSA) is 105 Å². The Bertz CT molecular complexity index is 821. The summed E-state index contributed by atoms with van der Waals surface area (Å²) in [6.07, 6.45) is 7.08. The quantitative estimate of drug-likeness (QED) is 0.750. The van der Waals surface area contributed by atoms with Crippen LogP contribution < -0.4 is 5.73 Å². The predicted octanol–water partition coefficient (Wildman–Crippen LogP) is 0.804. The molecule has 8 heteroatoms. The lowest BCUT2D eigenvalue weighted by molar-refractivity contribution is -0.117. The number of aromatic nitrogens is 6. The van der Waals surface area contributed by atoms with Crippen LogP contribution >= 0.6 is 0 Å². The van der Waals surface area contributed by atoms with Crippen molar-refractivity contribution in [2.24, 2.45) is 5.73 Å². The van der Waals surface area contributed by atoms with Crippen molar-refractivity contribution in [2.45, 2.75) is 26.3 Å². The summed E-state index contributed by atoms with van der Waals surface area (Å²) in [4.78, 5) is 19.8. The summed E-state index contributed by atoms with van der Waals surface area (Å²) in [6.45, 7) is 3.94. The minimum atomic E-state index is -0.470. The zero-order valence-corrected chi connectivity index (χ0v) is 12.9. The van der Waals surface area contributed by atoms with E-state index in [2.05, 4.69) is 20.2 Å². The van der Waals surface area contributed by atoms with E-state index in [1.165, 1.54) is 0 Å². The highest BCUT2D eigenvalue weighted by Gasteiger charge is 2.20. The maximum atomic E-state index is 11.2. The van der Waals surface area contributed by atoms with Gasteiger partial charge in [0.25, 0.3) is 0 Å². The number of primary amides is 1. The lowest BCUT2D eigenvalue weighted by Gasteiger charge is -2.12. The van der Waals surface area contributed by atoms with E-state index in [1.807, 2.05) is 32.2 Å². The Morgan fingerprint density at radius 2 is 2.22 bits per heavy atom. The average Bonchev–Trinajstić information content (AvgIpc) is 3.13. The van der Waals surface area contributed by atoms with Crippen molar-refractivity contribution in [3.63, 3.8) is 0 Å². The summed E-state index contributed by atoms with van der Waals surface area (Å²) < 4.78 is 3.48. The van der Waals surface area contributed by atoms with Crippen molar-refractivity contribution in [3.05, 3.63) is 54.1 Å². The number of nitrogens with two attached hydrogens (primary N) is 1. The number of hydrogen-bond donors (Lipinski definition) is 1. The van der Waals surface area contributed by atoms with Crippen LogP contribution in [-0.2, 0) is 11.2 Å². The first-order valence-corrected chi connectivity index (χ1v) is 7.20. The molecule has 0 bridgehead atoms. The third kappa shape index (κ3) is 3.10. The highest BCUT2D eigenvalue weighted by molar-refractivity contribution is 5.75. The fraction of sp³-hybridized carbons (Fsp3) is 0.267. The maximum Gasteiger partial charge on any atom is 0.225 e. The fourth-order valence-electron chi connectivity index (χ4n) is 2.30. The number of rotatable bonds is 5. The number of amides is 1. The van der Waals surface area contributed by atoms with Crippen molar-refractivity contribution in [1.29, 1.82) is 0 Å². The van der Waals surface area contributed by atoms with Crippen molar-refractivity contribution >= 4 is 5.91 Å². The first kappa shape index (κ1) is 14.9. The van der Waals surface area contributed by atoms with Crippen LogP contribution in [0.25, 0.3) is 5.69 Å². The summed E-state index contributed by atoms with van der Waals surface area (Å²) in [7, 11) is 0. The van der Waals surface area contributed by atoms with Gasteiger partial charge in [-0.25, -0.2) is 9.67 Å². The summed E-state index contributed by atoms with van der Waals surface area (Å²) in [5.41, 5.74) is 7.08. The van der Waals surface area contributed by atoms with Gasteiger partial charge in [0.2, 0.25) is 5.91 Å². The summed E-state index contributed by atoms with van der Waals surface area (Å²) in [5, 5.41) is 8.72. The number of carbonyl (C=O) groups is 1. The molecule has 0 saturated heterocycles. The average molecular weight is 311 g/mol. The van der Waals surface area contributed by atoms with Crippen molar-refractivity contribution in [1.82, 2.24) is 29.5 Å². The highest BCUT2D eigenvalue weighted by atomic mass is 16.1. The first-order chi connectivity index (χ1) is 11.0. The Labute approximate surface area is 133 Å². The molecule has 0 spiro atoms. The number of carbonyl (C=O) groups excluding carboxylic acids is 1. The van der Waals surface area contributed by atoms with E-state index in [4.69, 9.17) is 5.73 Å². The van der Waals surface area contributed by atoms with Gasteiger partial charge < -0.3 is 5.73 Å². The Morgan fingerprint density at radius 3 is 2.83 bits per heavy atom. The molecule has 23 heavy (non-hydrogen) atoms. The van der Waals surface area contributed by atoms with E-state index >= 15 is 0 Å². The van der Waals surface area contributed by atoms with Gasteiger partial charge in [-0.1, -0.05) is 0 Å². The molecule has 3 heterocycles. The Morgan fingerprint density at radius 1 is 1.39 bits per heavy atom. The van der Waals surface area contributed by atoms with Gasteiger partial charge in [0.05, 0.1) is 24.5 Å². The van der Waals surface area contributed by atoms with Crippen LogP contribution in [0.3, 0.4) is 0 Å². The van der Waals surface area contributed by atoms with Gasteiger partial charge in [-0.2, -0.15) is 10.2 Å². The molecule has 3 aromatic heterocycles. The number of aryl methyl sites for hydroxylation is 1. The lowest BCUT2D eigenvalue weighted by atomic mass is 10.3. The molecule has 8 nitrogen and oxygen atoms in total. The molecule has 2 N–H and O–H groups in total. The molecule has 3 rings (SSSR count). The normalized spacial score (nSPS) is 12.3. The number of hydrogen-bond acceptors (Lipinski definition) is 5. The predicted molar refractivity (Wildman–Crippen MR) is 82.8 cm³/mol. The van der Waals surface area contributed by atoms with Gasteiger partial charge in [-0.3, -0.25) is 14.5 Å². The molecule has 118 valence electrons. The molecule has 0 radical (unpaired) electrons. The molecular formula is C15H17N7O. The van der Waals surface area contributed by atoms with Crippen LogP contribution in [0.1, 0.15) is 30.2 Å². The van der Waals surface area contributed by atoms with Gasteiger partial charge in [0.1, 0.15) is 6.04 Å². The molecule has 0 saturated carbocycles. The molecule has 0 aliphatic rings. The van der Waals surface area contributed by atoms with Gasteiger partial charge in [0, 0.05) is 12.4 Å². The van der Waals surface area contributed by atoms with Crippen LogP contribution in [0.4, 0.5) is 0 Å². The zero-order valence-electron chi connectivity index (χ0n) is 12.9. The van der Waals surface area contributed by atoms with E-state index in [-0.39, 0.29) is 12.5 Å². The van der Waals surface area contributed by atoms with E-state index in [0.29, 0.717) is 11.6 Å². The van der Waals surface area contributed by atoms with Crippen LogP contribution in [0.2, 0.25) is 0 Å². The Hall–Kier alpha value is -3.03. The maximum absolute atomic E-state index is 11.2. The lowest BCUT2D eigenvalue weighted by Crippen LogP contribution is -2.14. The molecule has 1 atom stereocenters. The molecule has 0 fully saturated rings. The molecular weight excluding hydrogens is 294 g/mol. The minimum absolute atomic E-state index is 0.00881. The van der Waals surface area contributed by atoms with Crippen molar-refractivity contribution in [2.75, 3.05) is 0 Å². The number of nitrogens with zero attached hydrogens (tertiary/aromatic N) is 6. The Kier molecular flexibility index (Phi) is 3.88. The van der Waals surface area contributed by atoms with Gasteiger partial charge in [0.15, 0.2) is 11.6 Å². The summed E-state index contributed by atoms with van der Waals surface area (Å²) >= 11 is 0.